The Morgan fingerprint density at radius 3 is 2.48 bits per heavy atom. The molecule has 0 bridgehead atoms. The van der Waals surface area contributed by atoms with Crippen LogP contribution in [-0.4, -0.2) is 32.7 Å². The average Bonchev–Trinajstić information content (AvgIpc) is 2.91. The number of sulfonamides is 1. The highest BCUT2D eigenvalue weighted by molar-refractivity contribution is 7.89. The summed E-state index contributed by atoms with van der Waals surface area (Å²) >= 11 is 0. The van der Waals surface area contributed by atoms with Crippen LogP contribution in [0, 0.1) is 6.92 Å². The Morgan fingerprint density at radius 1 is 1.33 bits per heavy atom. The van der Waals surface area contributed by atoms with Gasteiger partial charge in [0.2, 0.25) is 10.0 Å². The zero-order chi connectivity index (χ0) is 15.6. The van der Waals surface area contributed by atoms with E-state index < -0.39 is 10.0 Å². The maximum atomic E-state index is 11.7. The molecule has 1 aromatic carbocycles. The summed E-state index contributed by atoms with van der Waals surface area (Å²) in [4.78, 5) is 2.12. The van der Waals surface area contributed by atoms with E-state index in [1.807, 2.05) is 0 Å². The van der Waals surface area contributed by atoms with E-state index in [0.29, 0.717) is 23.8 Å². The van der Waals surface area contributed by atoms with Crippen LogP contribution in [-0.2, 0) is 10.0 Å². The molecule has 1 aromatic rings. The lowest BCUT2D eigenvalue weighted by molar-refractivity contribution is 0.297. The van der Waals surface area contributed by atoms with Crippen molar-refractivity contribution in [2.45, 2.75) is 43.5 Å². The third-order valence-electron chi connectivity index (χ3n) is 4.08. The van der Waals surface area contributed by atoms with Gasteiger partial charge in [0, 0.05) is 24.0 Å². The highest BCUT2D eigenvalue weighted by Crippen LogP contribution is 2.34. The van der Waals surface area contributed by atoms with Crippen LogP contribution in [0.3, 0.4) is 0 Å². The lowest BCUT2D eigenvalue weighted by Gasteiger charge is -2.32. The zero-order valence-electron chi connectivity index (χ0n) is 12.2. The van der Waals surface area contributed by atoms with Crippen molar-refractivity contribution in [1.82, 2.24) is 0 Å². The number of nitrogens with zero attached hydrogens (tertiary/aromatic N) is 1. The van der Waals surface area contributed by atoms with Gasteiger partial charge < -0.3 is 15.7 Å². The first-order valence-corrected chi connectivity index (χ1v) is 8.69. The van der Waals surface area contributed by atoms with E-state index in [2.05, 4.69) is 4.90 Å². The van der Waals surface area contributed by atoms with Crippen LogP contribution in [0.5, 0.6) is 0 Å². The number of benzene rings is 1. The topological polar surface area (TPSA) is 110 Å². The van der Waals surface area contributed by atoms with Crippen LogP contribution in [0.1, 0.15) is 31.2 Å². The first-order chi connectivity index (χ1) is 9.84. The fourth-order valence-electron chi connectivity index (χ4n) is 3.11. The number of hydrogen-bond donors (Lipinski definition) is 3. The van der Waals surface area contributed by atoms with Crippen LogP contribution in [0.2, 0.25) is 0 Å². The summed E-state index contributed by atoms with van der Waals surface area (Å²) in [5.74, 6) is 0. The van der Waals surface area contributed by atoms with E-state index in [0.717, 1.165) is 31.4 Å². The number of anilines is 2. The van der Waals surface area contributed by atoms with Gasteiger partial charge in [-0.05, 0) is 37.5 Å². The highest BCUT2D eigenvalue weighted by atomic mass is 32.2. The summed E-state index contributed by atoms with van der Waals surface area (Å²) in [6.45, 7) is 2.20. The van der Waals surface area contributed by atoms with Crippen LogP contribution in [0.4, 0.5) is 11.4 Å². The molecule has 21 heavy (non-hydrogen) atoms. The normalized spacial score (nSPS) is 16.3. The molecule has 2 rings (SSSR count). The average molecular weight is 313 g/mol. The Kier molecular flexibility index (Phi) is 4.75. The van der Waals surface area contributed by atoms with Gasteiger partial charge in [-0.1, -0.05) is 12.8 Å². The van der Waals surface area contributed by atoms with Crippen LogP contribution in [0.25, 0.3) is 0 Å². The van der Waals surface area contributed by atoms with Gasteiger partial charge in [0.15, 0.2) is 0 Å². The van der Waals surface area contributed by atoms with Gasteiger partial charge >= 0.3 is 0 Å². The molecule has 1 saturated carbocycles. The molecule has 1 aliphatic carbocycles. The van der Waals surface area contributed by atoms with Gasteiger partial charge in [0.25, 0.3) is 0 Å². The number of aliphatic hydroxyl groups excluding tert-OH is 1. The molecule has 0 amide bonds. The molecular weight excluding hydrogens is 290 g/mol. The fourth-order valence-corrected chi connectivity index (χ4v) is 3.94. The number of hydrogen-bond acceptors (Lipinski definition) is 5. The first-order valence-electron chi connectivity index (χ1n) is 7.15. The number of rotatable bonds is 5. The molecular formula is C14H23N3O3S. The van der Waals surface area contributed by atoms with Gasteiger partial charge in [0.1, 0.15) is 0 Å². The maximum Gasteiger partial charge on any atom is 0.238 e. The van der Waals surface area contributed by atoms with Crippen molar-refractivity contribution < 1.29 is 13.5 Å². The summed E-state index contributed by atoms with van der Waals surface area (Å²) < 4.78 is 23.4. The van der Waals surface area contributed by atoms with Crippen molar-refractivity contribution in [3.63, 3.8) is 0 Å². The zero-order valence-corrected chi connectivity index (χ0v) is 13.1. The molecule has 118 valence electrons. The van der Waals surface area contributed by atoms with Gasteiger partial charge in [-0.3, -0.25) is 0 Å². The minimum absolute atomic E-state index is 0.00937. The second kappa shape index (κ2) is 6.21. The SMILES string of the molecule is Cc1c(N(CCO)C2CCCC2)cc(N)cc1S(N)(=O)=O. The summed E-state index contributed by atoms with van der Waals surface area (Å²) in [6.07, 6.45) is 4.38. The molecule has 1 aliphatic rings. The predicted molar refractivity (Wildman–Crippen MR) is 83.7 cm³/mol. The van der Waals surface area contributed by atoms with E-state index in [-0.39, 0.29) is 11.5 Å². The number of aliphatic hydroxyl groups is 1. The van der Waals surface area contributed by atoms with Gasteiger partial charge in [0.05, 0.1) is 11.5 Å². The van der Waals surface area contributed by atoms with Crippen LogP contribution >= 0.6 is 0 Å². The van der Waals surface area contributed by atoms with Gasteiger partial charge in [-0.25, -0.2) is 13.6 Å². The third kappa shape index (κ3) is 3.48. The molecule has 0 atom stereocenters. The Hall–Kier alpha value is -1.31. The van der Waals surface area contributed by atoms with Crippen molar-refractivity contribution in [2.24, 2.45) is 5.14 Å². The summed E-state index contributed by atoms with van der Waals surface area (Å²) in [6, 6.07) is 3.46. The first kappa shape index (κ1) is 16.1. The van der Waals surface area contributed by atoms with E-state index in [1.54, 1.807) is 13.0 Å². The van der Waals surface area contributed by atoms with Crippen molar-refractivity contribution in [1.29, 1.82) is 0 Å². The van der Waals surface area contributed by atoms with E-state index in [4.69, 9.17) is 10.9 Å². The molecule has 0 spiro atoms. The Balaban J connectivity index is 2.51. The largest absolute Gasteiger partial charge is 0.399 e. The second-order valence-electron chi connectivity index (χ2n) is 5.56. The summed E-state index contributed by atoms with van der Waals surface area (Å²) in [5, 5.41) is 14.6. The Bertz CT molecular complexity index is 610. The van der Waals surface area contributed by atoms with E-state index in [9.17, 15) is 13.5 Å². The lowest BCUT2D eigenvalue weighted by Crippen LogP contribution is -2.36. The fraction of sp³-hybridized carbons (Fsp3) is 0.571. The number of nitrogens with two attached hydrogens (primary N) is 2. The molecule has 7 heteroatoms. The summed E-state index contributed by atoms with van der Waals surface area (Å²) in [5.41, 5.74) is 7.55. The smallest absolute Gasteiger partial charge is 0.238 e. The quantitative estimate of drug-likeness (QED) is 0.702. The predicted octanol–water partition coefficient (Wildman–Crippen LogP) is 0.966. The van der Waals surface area contributed by atoms with Crippen molar-refractivity contribution in [2.75, 3.05) is 23.8 Å². The Labute approximate surface area is 125 Å². The lowest BCUT2D eigenvalue weighted by atomic mass is 10.1. The van der Waals surface area contributed by atoms with Crippen LogP contribution < -0.4 is 15.8 Å². The molecule has 0 radical (unpaired) electrons. The van der Waals surface area contributed by atoms with E-state index in [1.165, 1.54) is 6.07 Å². The van der Waals surface area contributed by atoms with Crippen molar-refractivity contribution in [3.8, 4) is 0 Å². The molecule has 0 aromatic heterocycles. The molecule has 0 heterocycles. The van der Waals surface area contributed by atoms with Crippen molar-refractivity contribution in [3.05, 3.63) is 17.7 Å². The molecule has 5 N–H and O–H groups in total. The number of primary sulfonamides is 1. The van der Waals surface area contributed by atoms with Crippen LogP contribution in [0.15, 0.2) is 17.0 Å². The molecule has 0 unspecified atom stereocenters. The van der Waals surface area contributed by atoms with Crippen molar-refractivity contribution >= 4 is 21.4 Å². The van der Waals surface area contributed by atoms with Gasteiger partial charge in [-0.2, -0.15) is 0 Å². The Morgan fingerprint density at radius 2 is 1.95 bits per heavy atom. The standard InChI is InChI=1S/C14H23N3O3S/c1-10-13(8-11(15)9-14(10)21(16,19)20)17(6-7-18)12-4-2-3-5-12/h8-9,12,18H,2-7,15H2,1H3,(H2,16,19,20). The monoisotopic (exact) mass is 313 g/mol. The third-order valence-corrected chi connectivity index (χ3v) is 5.11. The highest BCUT2D eigenvalue weighted by Gasteiger charge is 2.26. The molecule has 0 aliphatic heterocycles. The minimum Gasteiger partial charge on any atom is -0.399 e. The molecule has 0 saturated heterocycles. The van der Waals surface area contributed by atoms with E-state index >= 15 is 0 Å². The molecule has 6 nitrogen and oxygen atoms in total. The second-order valence-corrected chi connectivity index (χ2v) is 7.09. The summed E-state index contributed by atoms with van der Waals surface area (Å²) in [7, 11) is -3.82. The maximum absolute atomic E-state index is 11.7. The molecule has 1 fully saturated rings. The van der Waals surface area contributed by atoms with Gasteiger partial charge in [-0.15, -0.1) is 0 Å². The minimum atomic E-state index is -3.82. The number of nitrogen functional groups attached to an aromatic ring is 1.